The molecular weight excluding hydrogens is 264 g/mol. The first-order valence-electron chi connectivity index (χ1n) is 7.85. The molecule has 21 heavy (non-hydrogen) atoms. The molecule has 116 valence electrons. The van der Waals surface area contributed by atoms with Crippen molar-refractivity contribution in [1.82, 2.24) is 10.6 Å². The minimum atomic E-state index is -0.404. The monoisotopic (exact) mass is 290 g/mol. The number of hydrogen-bond donors (Lipinski definition) is 2. The maximum absolute atomic E-state index is 12.8. The second-order valence-corrected chi connectivity index (χ2v) is 5.67. The van der Waals surface area contributed by atoms with E-state index in [2.05, 4.69) is 22.8 Å². The van der Waals surface area contributed by atoms with Gasteiger partial charge in [-0.25, -0.2) is 0 Å². The highest BCUT2D eigenvalue weighted by Gasteiger charge is 2.40. The molecule has 1 atom stereocenters. The SMILES string of the molecule is CCOC(C)CNC(=O)C1(c2ccccc2)CCNCC1. The Morgan fingerprint density at radius 1 is 1.33 bits per heavy atom. The highest BCUT2D eigenvalue weighted by molar-refractivity contribution is 5.88. The molecule has 2 rings (SSSR count). The summed E-state index contributed by atoms with van der Waals surface area (Å²) in [5.74, 6) is 0.127. The van der Waals surface area contributed by atoms with Crippen LogP contribution in [0.2, 0.25) is 0 Å². The number of carbonyl (C=O) groups excluding carboxylic acids is 1. The fraction of sp³-hybridized carbons (Fsp3) is 0.588. The molecule has 0 radical (unpaired) electrons. The average Bonchev–Trinajstić information content (AvgIpc) is 2.54. The third-order valence-electron chi connectivity index (χ3n) is 4.22. The number of rotatable bonds is 6. The maximum Gasteiger partial charge on any atom is 0.230 e. The Balaban J connectivity index is 2.11. The molecule has 1 fully saturated rings. The molecular formula is C17H26N2O2. The molecule has 1 unspecified atom stereocenters. The number of benzene rings is 1. The largest absolute Gasteiger partial charge is 0.377 e. The number of ether oxygens (including phenoxy) is 1. The van der Waals surface area contributed by atoms with Crippen molar-refractivity contribution in [3.8, 4) is 0 Å². The van der Waals surface area contributed by atoms with E-state index in [4.69, 9.17) is 4.74 Å². The van der Waals surface area contributed by atoms with Crippen molar-refractivity contribution in [2.75, 3.05) is 26.2 Å². The molecule has 1 aliphatic heterocycles. The molecule has 1 aromatic rings. The van der Waals surface area contributed by atoms with Crippen LogP contribution in [0.5, 0.6) is 0 Å². The molecule has 0 aromatic heterocycles. The third-order valence-corrected chi connectivity index (χ3v) is 4.22. The summed E-state index contributed by atoms with van der Waals surface area (Å²) in [5, 5.41) is 6.43. The van der Waals surface area contributed by atoms with Crippen molar-refractivity contribution in [2.24, 2.45) is 0 Å². The summed E-state index contributed by atoms with van der Waals surface area (Å²) in [7, 11) is 0. The van der Waals surface area contributed by atoms with E-state index in [9.17, 15) is 4.79 Å². The first-order valence-corrected chi connectivity index (χ1v) is 7.85. The van der Waals surface area contributed by atoms with Crippen molar-refractivity contribution in [1.29, 1.82) is 0 Å². The zero-order valence-corrected chi connectivity index (χ0v) is 13.0. The number of hydrogen-bond acceptors (Lipinski definition) is 3. The standard InChI is InChI=1S/C17H26N2O2/c1-3-21-14(2)13-19-16(20)17(9-11-18-12-10-17)15-7-5-4-6-8-15/h4-8,14,18H,3,9-13H2,1-2H3,(H,19,20). The van der Waals surface area contributed by atoms with Crippen molar-refractivity contribution < 1.29 is 9.53 Å². The van der Waals surface area contributed by atoms with Crippen molar-refractivity contribution >= 4 is 5.91 Å². The Morgan fingerprint density at radius 2 is 2.00 bits per heavy atom. The first-order chi connectivity index (χ1) is 10.2. The molecule has 1 amide bonds. The van der Waals surface area contributed by atoms with Gasteiger partial charge in [0.15, 0.2) is 0 Å². The smallest absolute Gasteiger partial charge is 0.230 e. The van der Waals surface area contributed by atoms with E-state index >= 15 is 0 Å². The summed E-state index contributed by atoms with van der Waals surface area (Å²) >= 11 is 0. The summed E-state index contributed by atoms with van der Waals surface area (Å²) in [6.07, 6.45) is 1.73. The van der Waals surface area contributed by atoms with Gasteiger partial charge < -0.3 is 15.4 Å². The van der Waals surface area contributed by atoms with Gasteiger partial charge in [0.2, 0.25) is 5.91 Å². The van der Waals surface area contributed by atoms with E-state index in [1.165, 1.54) is 0 Å². The minimum absolute atomic E-state index is 0.0495. The second kappa shape index (κ2) is 7.57. The van der Waals surface area contributed by atoms with Gasteiger partial charge in [0.25, 0.3) is 0 Å². The lowest BCUT2D eigenvalue weighted by molar-refractivity contribution is -0.128. The fourth-order valence-electron chi connectivity index (χ4n) is 3.01. The van der Waals surface area contributed by atoms with Crippen molar-refractivity contribution in [3.63, 3.8) is 0 Å². The summed E-state index contributed by atoms with van der Waals surface area (Å²) in [6.45, 7) is 6.95. The molecule has 1 aromatic carbocycles. The van der Waals surface area contributed by atoms with Crippen LogP contribution in [0.25, 0.3) is 0 Å². The van der Waals surface area contributed by atoms with Gasteiger partial charge in [-0.2, -0.15) is 0 Å². The zero-order valence-electron chi connectivity index (χ0n) is 13.0. The van der Waals surface area contributed by atoms with Gasteiger partial charge in [-0.1, -0.05) is 30.3 Å². The predicted molar refractivity (Wildman–Crippen MR) is 84.3 cm³/mol. The van der Waals surface area contributed by atoms with Gasteiger partial charge in [0.05, 0.1) is 11.5 Å². The lowest BCUT2D eigenvalue weighted by Crippen LogP contribution is -2.51. The van der Waals surface area contributed by atoms with Crippen LogP contribution < -0.4 is 10.6 Å². The van der Waals surface area contributed by atoms with Gasteiger partial charge >= 0.3 is 0 Å². The minimum Gasteiger partial charge on any atom is -0.377 e. The van der Waals surface area contributed by atoms with E-state index in [1.807, 2.05) is 32.0 Å². The van der Waals surface area contributed by atoms with Crippen LogP contribution in [-0.4, -0.2) is 38.3 Å². The molecule has 1 saturated heterocycles. The second-order valence-electron chi connectivity index (χ2n) is 5.67. The highest BCUT2D eigenvalue weighted by atomic mass is 16.5. The number of nitrogens with one attached hydrogen (secondary N) is 2. The zero-order chi connectivity index (χ0) is 15.1. The summed E-state index contributed by atoms with van der Waals surface area (Å²) in [6, 6.07) is 10.1. The Morgan fingerprint density at radius 3 is 2.62 bits per heavy atom. The van der Waals surface area contributed by atoms with Crippen molar-refractivity contribution in [2.45, 2.75) is 38.2 Å². The highest BCUT2D eigenvalue weighted by Crippen LogP contribution is 2.33. The Labute approximate surface area is 127 Å². The maximum atomic E-state index is 12.8. The molecule has 0 bridgehead atoms. The van der Waals surface area contributed by atoms with Gasteiger partial charge in [0.1, 0.15) is 0 Å². The molecule has 1 aliphatic rings. The van der Waals surface area contributed by atoms with Crippen molar-refractivity contribution in [3.05, 3.63) is 35.9 Å². The molecule has 0 saturated carbocycles. The predicted octanol–water partition coefficient (Wildman–Crippen LogP) is 1.85. The van der Waals surface area contributed by atoms with Crippen LogP contribution in [0.3, 0.4) is 0 Å². The van der Waals surface area contributed by atoms with Gasteiger partial charge in [-0.05, 0) is 45.3 Å². The van der Waals surface area contributed by atoms with Crippen LogP contribution in [0.4, 0.5) is 0 Å². The Bertz CT molecular complexity index is 441. The summed E-state index contributed by atoms with van der Waals surface area (Å²) in [4.78, 5) is 12.8. The molecule has 4 nitrogen and oxygen atoms in total. The summed E-state index contributed by atoms with van der Waals surface area (Å²) < 4.78 is 5.49. The van der Waals surface area contributed by atoms with E-state index in [0.717, 1.165) is 31.5 Å². The van der Waals surface area contributed by atoms with E-state index < -0.39 is 5.41 Å². The number of piperidine rings is 1. The number of amides is 1. The quantitative estimate of drug-likeness (QED) is 0.840. The van der Waals surface area contributed by atoms with E-state index in [1.54, 1.807) is 0 Å². The normalized spacial score (nSPS) is 19.0. The van der Waals surface area contributed by atoms with Gasteiger partial charge in [-0.3, -0.25) is 4.79 Å². The lowest BCUT2D eigenvalue weighted by atomic mass is 9.72. The Hall–Kier alpha value is -1.39. The fourth-order valence-corrected chi connectivity index (χ4v) is 3.01. The molecule has 0 aliphatic carbocycles. The van der Waals surface area contributed by atoms with Crippen LogP contribution >= 0.6 is 0 Å². The molecule has 2 N–H and O–H groups in total. The average molecular weight is 290 g/mol. The third kappa shape index (κ3) is 3.83. The van der Waals surface area contributed by atoms with Crippen LogP contribution in [0, 0.1) is 0 Å². The number of carbonyl (C=O) groups is 1. The lowest BCUT2D eigenvalue weighted by Gasteiger charge is -2.37. The van der Waals surface area contributed by atoms with Crippen LogP contribution in [-0.2, 0) is 14.9 Å². The van der Waals surface area contributed by atoms with E-state index in [-0.39, 0.29) is 12.0 Å². The van der Waals surface area contributed by atoms with Gasteiger partial charge in [-0.15, -0.1) is 0 Å². The van der Waals surface area contributed by atoms with Crippen LogP contribution in [0.1, 0.15) is 32.3 Å². The van der Waals surface area contributed by atoms with Gasteiger partial charge in [0, 0.05) is 13.2 Å². The molecule has 4 heteroatoms. The topological polar surface area (TPSA) is 50.4 Å². The van der Waals surface area contributed by atoms with E-state index in [0.29, 0.717) is 13.2 Å². The molecule has 1 heterocycles. The Kier molecular flexibility index (Phi) is 5.76. The first kappa shape index (κ1) is 16.0. The summed E-state index contributed by atoms with van der Waals surface area (Å²) in [5.41, 5.74) is 0.714. The van der Waals surface area contributed by atoms with Crippen LogP contribution in [0.15, 0.2) is 30.3 Å². The molecule has 0 spiro atoms.